The highest BCUT2D eigenvalue weighted by Crippen LogP contribution is 2.16. The van der Waals surface area contributed by atoms with Crippen molar-refractivity contribution in [3.63, 3.8) is 0 Å². The van der Waals surface area contributed by atoms with Gasteiger partial charge in [-0.1, -0.05) is 13.0 Å². The van der Waals surface area contributed by atoms with Crippen molar-refractivity contribution in [3.05, 3.63) is 29.3 Å². The van der Waals surface area contributed by atoms with Crippen LogP contribution in [0, 0.1) is 13.8 Å². The van der Waals surface area contributed by atoms with Crippen molar-refractivity contribution < 1.29 is 9.84 Å². The predicted octanol–water partition coefficient (Wildman–Crippen LogP) is 2.45. The van der Waals surface area contributed by atoms with Gasteiger partial charge in [0.05, 0.1) is 6.10 Å². The van der Waals surface area contributed by atoms with Crippen LogP contribution in [0.3, 0.4) is 0 Å². The van der Waals surface area contributed by atoms with E-state index in [0.29, 0.717) is 6.61 Å². The van der Waals surface area contributed by atoms with Crippen LogP contribution in [0.25, 0.3) is 0 Å². The highest BCUT2D eigenvalue weighted by Gasteiger charge is 2.02. The van der Waals surface area contributed by atoms with Crippen LogP contribution in [-0.2, 0) is 0 Å². The molecule has 0 fully saturated rings. The third-order valence-electron chi connectivity index (χ3n) is 2.39. The largest absolute Gasteiger partial charge is 0.491 e. The molecule has 14 heavy (non-hydrogen) atoms. The van der Waals surface area contributed by atoms with E-state index in [4.69, 9.17) is 4.74 Å². The number of aliphatic hydroxyl groups excluding tert-OH is 1. The van der Waals surface area contributed by atoms with Gasteiger partial charge in [-0.2, -0.15) is 0 Å². The summed E-state index contributed by atoms with van der Waals surface area (Å²) in [5.41, 5.74) is 2.47. The van der Waals surface area contributed by atoms with E-state index < -0.39 is 0 Å². The molecule has 1 aromatic rings. The lowest BCUT2D eigenvalue weighted by Gasteiger charge is -2.11. The van der Waals surface area contributed by atoms with Gasteiger partial charge in [0.15, 0.2) is 0 Å². The summed E-state index contributed by atoms with van der Waals surface area (Å²) in [7, 11) is 0. The molecule has 0 saturated heterocycles. The third kappa shape index (κ3) is 3.04. The first-order valence-corrected chi connectivity index (χ1v) is 5.01. The van der Waals surface area contributed by atoms with E-state index in [0.717, 1.165) is 12.2 Å². The third-order valence-corrected chi connectivity index (χ3v) is 2.39. The van der Waals surface area contributed by atoms with Crippen molar-refractivity contribution in [2.75, 3.05) is 6.61 Å². The molecule has 0 aliphatic rings. The van der Waals surface area contributed by atoms with Crippen LogP contribution in [0.1, 0.15) is 24.5 Å². The number of benzene rings is 1. The Morgan fingerprint density at radius 1 is 1.29 bits per heavy atom. The van der Waals surface area contributed by atoms with Crippen molar-refractivity contribution >= 4 is 0 Å². The molecule has 0 spiro atoms. The molecule has 2 nitrogen and oxygen atoms in total. The number of hydrogen-bond donors (Lipinski definition) is 1. The van der Waals surface area contributed by atoms with E-state index >= 15 is 0 Å². The molecular formula is C12H18O2. The van der Waals surface area contributed by atoms with Gasteiger partial charge in [-0.3, -0.25) is 0 Å². The molecule has 2 heteroatoms. The summed E-state index contributed by atoms with van der Waals surface area (Å²) in [6, 6.07) is 5.96. The normalized spacial score (nSPS) is 12.6. The lowest BCUT2D eigenvalue weighted by molar-refractivity contribution is 0.104. The molecule has 1 unspecified atom stereocenters. The topological polar surface area (TPSA) is 29.5 Å². The Balaban J connectivity index is 2.55. The first-order chi connectivity index (χ1) is 6.63. The fraction of sp³-hybridized carbons (Fsp3) is 0.500. The van der Waals surface area contributed by atoms with E-state index in [1.807, 2.05) is 25.1 Å². The first-order valence-electron chi connectivity index (χ1n) is 5.01. The smallest absolute Gasteiger partial charge is 0.119 e. The Morgan fingerprint density at radius 2 is 2.00 bits per heavy atom. The zero-order chi connectivity index (χ0) is 10.6. The maximum absolute atomic E-state index is 9.32. The van der Waals surface area contributed by atoms with Gasteiger partial charge in [0.2, 0.25) is 0 Å². The van der Waals surface area contributed by atoms with Crippen molar-refractivity contribution in [1.29, 1.82) is 0 Å². The Kier molecular flexibility index (Phi) is 3.96. The van der Waals surface area contributed by atoms with Crippen molar-refractivity contribution in [2.45, 2.75) is 33.3 Å². The van der Waals surface area contributed by atoms with Gasteiger partial charge >= 0.3 is 0 Å². The van der Waals surface area contributed by atoms with E-state index in [1.165, 1.54) is 11.1 Å². The summed E-state index contributed by atoms with van der Waals surface area (Å²) in [5.74, 6) is 0.834. The molecule has 1 rings (SSSR count). The molecule has 1 atom stereocenters. The van der Waals surface area contributed by atoms with E-state index in [2.05, 4.69) is 13.8 Å². The summed E-state index contributed by atoms with van der Waals surface area (Å²) in [6.07, 6.45) is 0.363. The fourth-order valence-electron chi connectivity index (χ4n) is 1.11. The second-order valence-corrected chi connectivity index (χ2v) is 3.62. The molecule has 0 bridgehead atoms. The van der Waals surface area contributed by atoms with E-state index in [-0.39, 0.29) is 6.10 Å². The number of rotatable bonds is 4. The summed E-state index contributed by atoms with van der Waals surface area (Å²) in [4.78, 5) is 0. The maximum atomic E-state index is 9.32. The average Bonchev–Trinajstić information content (AvgIpc) is 2.19. The summed E-state index contributed by atoms with van der Waals surface area (Å²) >= 11 is 0. The lowest BCUT2D eigenvalue weighted by Crippen LogP contribution is -2.15. The zero-order valence-electron chi connectivity index (χ0n) is 9.08. The number of ether oxygens (including phenoxy) is 1. The number of hydrogen-bond acceptors (Lipinski definition) is 2. The van der Waals surface area contributed by atoms with E-state index in [1.54, 1.807) is 0 Å². The van der Waals surface area contributed by atoms with Gasteiger partial charge in [-0.15, -0.1) is 0 Å². The minimum Gasteiger partial charge on any atom is -0.491 e. The molecule has 1 aromatic carbocycles. The molecule has 0 radical (unpaired) electrons. The highest BCUT2D eigenvalue weighted by atomic mass is 16.5. The van der Waals surface area contributed by atoms with Gasteiger partial charge in [-0.25, -0.2) is 0 Å². The van der Waals surface area contributed by atoms with Crippen LogP contribution >= 0.6 is 0 Å². The molecule has 0 heterocycles. The Morgan fingerprint density at radius 3 is 2.57 bits per heavy atom. The highest BCUT2D eigenvalue weighted by molar-refractivity contribution is 5.33. The standard InChI is InChI=1S/C12H18O2/c1-4-11(13)8-14-12-6-5-9(2)10(3)7-12/h5-7,11,13H,4,8H2,1-3H3. The second-order valence-electron chi connectivity index (χ2n) is 3.62. The van der Waals surface area contributed by atoms with Crippen LogP contribution in [0.4, 0.5) is 0 Å². The Bertz CT molecular complexity index is 294. The Hall–Kier alpha value is -1.02. The van der Waals surface area contributed by atoms with Crippen LogP contribution in [0.5, 0.6) is 5.75 Å². The lowest BCUT2D eigenvalue weighted by atomic mass is 10.1. The van der Waals surface area contributed by atoms with Crippen molar-refractivity contribution in [3.8, 4) is 5.75 Å². The van der Waals surface area contributed by atoms with Gasteiger partial charge in [-0.05, 0) is 43.5 Å². The number of aliphatic hydroxyl groups is 1. The van der Waals surface area contributed by atoms with Crippen molar-refractivity contribution in [2.24, 2.45) is 0 Å². The van der Waals surface area contributed by atoms with Gasteiger partial charge in [0, 0.05) is 0 Å². The molecule has 0 amide bonds. The van der Waals surface area contributed by atoms with Crippen LogP contribution in [0.2, 0.25) is 0 Å². The maximum Gasteiger partial charge on any atom is 0.119 e. The molecule has 0 saturated carbocycles. The van der Waals surface area contributed by atoms with Gasteiger partial charge in [0.25, 0.3) is 0 Å². The average molecular weight is 194 g/mol. The van der Waals surface area contributed by atoms with Crippen LogP contribution < -0.4 is 4.74 Å². The molecule has 0 aliphatic carbocycles. The second kappa shape index (κ2) is 5.01. The first kappa shape index (κ1) is 11.1. The van der Waals surface area contributed by atoms with Crippen molar-refractivity contribution in [1.82, 2.24) is 0 Å². The summed E-state index contributed by atoms with van der Waals surface area (Å²) in [6.45, 7) is 6.44. The fourth-order valence-corrected chi connectivity index (χ4v) is 1.11. The minimum absolute atomic E-state index is 0.364. The minimum atomic E-state index is -0.364. The summed E-state index contributed by atoms with van der Waals surface area (Å²) < 4.78 is 5.44. The summed E-state index contributed by atoms with van der Waals surface area (Å²) in [5, 5.41) is 9.32. The van der Waals surface area contributed by atoms with Gasteiger partial charge in [0.1, 0.15) is 12.4 Å². The zero-order valence-corrected chi connectivity index (χ0v) is 9.08. The Labute approximate surface area is 85.5 Å². The van der Waals surface area contributed by atoms with Crippen LogP contribution in [0.15, 0.2) is 18.2 Å². The molecule has 0 aliphatic heterocycles. The van der Waals surface area contributed by atoms with Crippen LogP contribution in [-0.4, -0.2) is 17.8 Å². The molecule has 0 aromatic heterocycles. The number of aryl methyl sites for hydroxylation is 2. The van der Waals surface area contributed by atoms with Gasteiger partial charge < -0.3 is 9.84 Å². The molecule has 1 N–H and O–H groups in total. The SMILES string of the molecule is CCC(O)COc1ccc(C)c(C)c1. The monoisotopic (exact) mass is 194 g/mol. The molecule has 78 valence electrons. The predicted molar refractivity (Wildman–Crippen MR) is 57.7 cm³/mol. The quantitative estimate of drug-likeness (QED) is 0.797. The van der Waals surface area contributed by atoms with E-state index in [9.17, 15) is 5.11 Å². The molecular weight excluding hydrogens is 176 g/mol.